The molecular weight excluding hydrogens is 230 g/mol. The van der Waals surface area contributed by atoms with Gasteiger partial charge in [0.25, 0.3) is 0 Å². The normalized spacial score (nSPS) is 33.1. The number of carbonyl (C=O) groups is 1. The molecule has 0 aromatic heterocycles. The topological polar surface area (TPSA) is 61.6 Å². The average Bonchev–Trinajstić information content (AvgIpc) is 2.46. The predicted octanol–water partition coefficient (Wildman–Crippen LogP) is 1.86. The summed E-state index contributed by atoms with van der Waals surface area (Å²) in [5, 5.41) is 0. The van der Waals surface area contributed by atoms with Crippen LogP contribution >= 0.6 is 0 Å². The molecule has 1 atom stereocenters. The molecule has 2 aliphatic rings. The highest BCUT2D eigenvalue weighted by Gasteiger charge is 2.27. The summed E-state index contributed by atoms with van der Waals surface area (Å²) in [5.74, 6) is 0.673. The van der Waals surface area contributed by atoms with Crippen LogP contribution in [0.3, 0.4) is 0 Å². The fraction of sp³-hybridized carbons (Fsp3) is 0.929. The van der Waals surface area contributed by atoms with Crippen LogP contribution in [0.2, 0.25) is 0 Å². The fourth-order valence-corrected chi connectivity index (χ4v) is 2.87. The first-order chi connectivity index (χ1) is 8.79. The quantitative estimate of drug-likeness (QED) is 0.779. The van der Waals surface area contributed by atoms with Crippen LogP contribution in [0.1, 0.15) is 44.9 Å². The number of carbonyl (C=O) groups excluding carboxylic acids is 1. The highest BCUT2D eigenvalue weighted by Crippen LogP contribution is 2.29. The van der Waals surface area contributed by atoms with E-state index in [1.54, 1.807) is 0 Å². The molecule has 1 saturated heterocycles. The Bertz CT molecular complexity index is 256. The van der Waals surface area contributed by atoms with Crippen LogP contribution in [-0.4, -0.2) is 31.8 Å². The summed E-state index contributed by atoms with van der Waals surface area (Å²) in [6, 6.07) is 0. The lowest BCUT2D eigenvalue weighted by atomic mass is 9.82. The van der Waals surface area contributed by atoms with Crippen LogP contribution in [0, 0.1) is 11.8 Å². The Labute approximate surface area is 109 Å². The van der Waals surface area contributed by atoms with Gasteiger partial charge in [0.15, 0.2) is 0 Å². The Morgan fingerprint density at radius 3 is 2.56 bits per heavy atom. The van der Waals surface area contributed by atoms with E-state index < -0.39 is 0 Å². The Kier molecular flexibility index (Phi) is 5.45. The smallest absolute Gasteiger partial charge is 0.309 e. The Balaban J connectivity index is 1.65. The minimum absolute atomic E-state index is 0.0281. The van der Waals surface area contributed by atoms with Gasteiger partial charge in [0, 0.05) is 6.61 Å². The van der Waals surface area contributed by atoms with Crippen molar-refractivity contribution >= 4 is 5.97 Å². The van der Waals surface area contributed by atoms with Crippen molar-refractivity contribution in [3.05, 3.63) is 0 Å². The molecule has 104 valence electrons. The lowest BCUT2D eigenvalue weighted by Gasteiger charge is -2.27. The molecule has 1 unspecified atom stereocenters. The molecule has 18 heavy (non-hydrogen) atoms. The average molecular weight is 255 g/mol. The van der Waals surface area contributed by atoms with Gasteiger partial charge in [-0.15, -0.1) is 0 Å². The van der Waals surface area contributed by atoms with Crippen LogP contribution in [0.15, 0.2) is 0 Å². The molecule has 1 heterocycles. The van der Waals surface area contributed by atoms with Gasteiger partial charge in [0.2, 0.25) is 0 Å². The summed E-state index contributed by atoms with van der Waals surface area (Å²) >= 11 is 0. The van der Waals surface area contributed by atoms with Crippen molar-refractivity contribution in [2.24, 2.45) is 17.6 Å². The summed E-state index contributed by atoms with van der Waals surface area (Å²) in [6.45, 7) is 2.00. The van der Waals surface area contributed by atoms with Crippen molar-refractivity contribution in [3.63, 3.8) is 0 Å². The molecule has 0 radical (unpaired) electrons. The molecule has 0 aromatic rings. The van der Waals surface area contributed by atoms with E-state index in [0.717, 1.165) is 51.7 Å². The summed E-state index contributed by atoms with van der Waals surface area (Å²) in [6.07, 6.45) is 7.47. The Hall–Kier alpha value is -0.610. The number of ether oxygens (including phenoxy) is 2. The number of esters is 1. The minimum Gasteiger partial charge on any atom is -0.463 e. The van der Waals surface area contributed by atoms with Crippen molar-refractivity contribution in [1.29, 1.82) is 0 Å². The van der Waals surface area contributed by atoms with E-state index >= 15 is 0 Å². The lowest BCUT2D eigenvalue weighted by Crippen LogP contribution is -2.30. The second kappa shape index (κ2) is 7.10. The maximum absolute atomic E-state index is 11.9. The van der Waals surface area contributed by atoms with E-state index in [0.29, 0.717) is 12.5 Å². The second-order valence-corrected chi connectivity index (χ2v) is 5.57. The summed E-state index contributed by atoms with van der Waals surface area (Å²) in [5.41, 5.74) is 5.65. The second-order valence-electron chi connectivity index (χ2n) is 5.57. The molecule has 2 fully saturated rings. The molecule has 2 N–H and O–H groups in total. The fourth-order valence-electron chi connectivity index (χ4n) is 2.87. The zero-order valence-corrected chi connectivity index (χ0v) is 11.1. The van der Waals surface area contributed by atoms with Gasteiger partial charge in [-0.3, -0.25) is 4.79 Å². The van der Waals surface area contributed by atoms with E-state index in [9.17, 15) is 4.79 Å². The maximum Gasteiger partial charge on any atom is 0.309 e. The Morgan fingerprint density at radius 1 is 1.17 bits per heavy atom. The largest absolute Gasteiger partial charge is 0.463 e. The summed E-state index contributed by atoms with van der Waals surface area (Å²) in [4.78, 5) is 11.9. The summed E-state index contributed by atoms with van der Waals surface area (Å²) in [7, 11) is 0. The molecule has 4 nitrogen and oxygen atoms in total. The lowest BCUT2D eigenvalue weighted by molar-refractivity contribution is -0.155. The van der Waals surface area contributed by atoms with Crippen LogP contribution in [0.4, 0.5) is 0 Å². The number of nitrogens with two attached hydrogens (primary N) is 1. The van der Waals surface area contributed by atoms with Crippen molar-refractivity contribution in [2.45, 2.75) is 51.0 Å². The third kappa shape index (κ3) is 3.95. The van der Waals surface area contributed by atoms with Crippen LogP contribution < -0.4 is 5.73 Å². The highest BCUT2D eigenvalue weighted by molar-refractivity contribution is 5.72. The number of hydrogen-bond donors (Lipinski definition) is 1. The van der Waals surface area contributed by atoms with E-state index in [2.05, 4.69) is 0 Å². The monoisotopic (exact) mass is 255 g/mol. The number of hydrogen-bond acceptors (Lipinski definition) is 4. The molecule has 0 bridgehead atoms. The first-order valence-electron chi connectivity index (χ1n) is 7.28. The van der Waals surface area contributed by atoms with Crippen molar-refractivity contribution in [2.75, 3.05) is 19.8 Å². The molecule has 2 rings (SSSR count). The van der Waals surface area contributed by atoms with Gasteiger partial charge in [-0.2, -0.15) is 0 Å². The van der Waals surface area contributed by atoms with Gasteiger partial charge < -0.3 is 15.2 Å². The van der Waals surface area contributed by atoms with Crippen molar-refractivity contribution in [1.82, 2.24) is 0 Å². The molecule has 4 heteroatoms. The molecule has 1 aliphatic carbocycles. The zero-order chi connectivity index (χ0) is 12.8. The third-order valence-corrected chi connectivity index (χ3v) is 4.20. The van der Waals surface area contributed by atoms with E-state index in [-0.39, 0.29) is 18.0 Å². The van der Waals surface area contributed by atoms with Gasteiger partial charge >= 0.3 is 5.97 Å². The standard InChI is InChI=1S/C14H25NO3/c15-9-11-4-6-12(7-5-11)14(16)18-10-13-3-1-2-8-17-13/h11-13H,1-10,15H2. The van der Waals surface area contributed by atoms with Gasteiger partial charge in [0.1, 0.15) is 6.61 Å². The van der Waals surface area contributed by atoms with Gasteiger partial charge in [0.05, 0.1) is 12.0 Å². The zero-order valence-electron chi connectivity index (χ0n) is 11.1. The van der Waals surface area contributed by atoms with Crippen LogP contribution in [0.5, 0.6) is 0 Å². The maximum atomic E-state index is 11.9. The number of rotatable bonds is 4. The van der Waals surface area contributed by atoms with E-state index in [1.807, 2.05) is 0 Å². The molecule has 0 spiro atoms. The Morgan fingerprint density at radius 2 is 1.94 bits per heavy atom. The van der Waals surface area contributed by atoms with Gasteiger partial charge in [-0.1, -0.05) is 0 Å². The molecular formula is C14H25NO3. The van der Waals surface area contributed by atoms with Crippen molar-refractivity contribution in [3.8, 4) is 0 Å². The van der Waals surface area contributed by atoms with Crippen LogP contribution in [0.25, 0.3) is 0 Å². The van der Waals surface area contributed by atoms with E-state index in [1.165, 1.54) is 6.42 Å². The molecule has 1 saturated carbocycles. The van der Waals surface area contributed by atoms with Crippen LogP contribution in [-0.2, 0) is 14.3 Å². The van der Waals surface area contributed by atoms with E-state index in [4.69, 9.17) is 15.2 Å². The van der Waals surface area contributed by atoms with Gasteiger partial charge in [-0.25, -0.2) is 0 Å². The first kappa shape index (κ1) is 13.8. The third-order valence-electron chi connectivity index (χ3n) is 4.20. The van der Waals surface area contributed by atoms with Gasteiger partial charge in [-0.05, 0) is 57.4 Å². The molecule has 0 amide bonds. The SMILES string of the molecule is NCC1CCC(C(=O)OCC2CCCCO2)CC1. The highest BCUT2D eigenvalue weighted by atomic mass is 16.6. The summed E-state index contributed by atoms with van der Waals surface area (Å²) < 4.78 is 11.0. The molecule has 1 aliphatic heterocycles. The molecule has 0 aromatic carbocycles. The predicted molar refractivity (Wildman–Crippen MR) is 69.1 cm³/mol. The minimum atomic E-state index is -0.0281. The van der Waals surface area contributed by atoms with Crippen molar-refractivity contribution < 1.29 is 14.3 Å². The first-order valence-corrected chi connectivity index (χ1v) is 7.28.